The topological polar surface area (TPSA) is 76.7 Å². The first-order valence-electron chi connectivity index (χ1n) is 8.97. The van der Waals surface area contributed by atoms with Gasteiger partial charge in [0, 0.05) is 9.81 Å². The highest BCUT2D eigenvalue weighted by atomic mass is 127. The van der Waals surface area contributed by atoms with Crippen molar-refractivity contribution in [1.29, 1.82) is 0 Å². The fourth-order valence-corrected chi connectivity index (χ4v) is 3.73. The van der Waals surface area contributed by atoms with Crippen LogP contribution < -0.4 is 0 Å². The monoisotopic (exact) mass is 543 g/mol. The van der Waals surface area contributed by atoms with Crippen LogP contribution in [0.4, 0.5) is 17.6 Å². The van der Waals surface area contributed by atoms with Gasteiger partial charge in [-0.2, -0.15) is 8.78 Å². The zero-order valence-electron chi connectivity index (χ0n) is 15.7. The summed E-state index contributed by atoms with van der Waals surface area (Å²) in [6.45, 7) is -0.828. The number of pyridine rings is 1. The van der Waals surface area contributed by atoms with Crippen molar-refractivity contribution < 1.29 is 22.7 Å². The molecule has 0 spiro atoms. The average molecular weight is 543 g/mol. The van der Waals surface area contributed by atoms with Gasteiger partial charge in [0.05, 0.1) is 12.1 Å². The fourth-order valence-electron chi connectivity index (χ4n) is 3.26. The molecule has 0 saturated heterocycles. The molecule has 0 bridgehead atoms. The van der Waals surface area contributed by atoms with Gasteiger partial charge < -0.3 is 5.11 Å². The van der Waals surface area contributed by atoms with E-state index in [1.54, 1.807) is 12.1 Å². The Morgan fingerprint density at radius 2 is 1.81 bits per heavy atom. The van der Waals surface area contributed by atoms with Crippen molar-refractivity contribution in [3.63, 3.8) is 0 Å². The van der Waals surface area contributed by atoms with Crippen LogP contribution in [0.15, 0.2) is 54.9 Å². The number of aliphatic hydroxyl groups is 1. The van der Waals surface area contributed by atoms with E-state index in [0.29, 0.717) is 23.0 Å². The maximum atomic E-state index is 15.8. The number of aromatic nitrogens is 5. The minimum Gasteiger partial charge on any atom is -0.377 e. The minimum atomic E-state index is -4.01. The van der Waals surface area contributed by atoms with Crippen molar-refractivity contribution >= 4 is 33.5 Å². The first kappa shape index (κ1) is 21.6. The Bertz CT molecular complexity index is 1240. The van der Waals surface area contributed by atoms with Crippen molar-refractivity contribution in [1.82, 2.24) is 25.2 Å². The zero-order chi connectivity index (χ0) is 22.2. The average Bonchev–Trinajstić information content (AvgIpc) is 3.27. The fraction of sp³-hybridized carbons (Fsp3) is 0.200. The highest BCUT2D eigenvalue weighted by molar-refractivity contribution is 14.1. The summed E-state index contributed by atoms with van der Waals surface area (Å²) in [6.07, 6.45) is 1.03. The number of fused-ring (bicyclic) bond motifs is 1. The van der Waals surface area contributed by atoms with Gasteiger partial charge in [-0.15, -0.1) is 5.10 Å². The van der Waals surface area contributed by atoms with Crippen molar-refractivity contribution in [2.24, 2.45) is 0 Å². The molecule has 160 valence electrons. The third kappa shape index (κ3) is 3.87. The van der Waals surface area contributed by atoms with Gasteiger partial charge in [-0.3, -0.25) is 0 Å². The number of hydrogen-bond donors (Lipinski definition) is 1. The second-order valence-corrected chi connectivity index (χ2v) is 7.69. The van der Waals surface area contributed by atoms with E-state index in [1.807, 2.05) is 6.07 Å². The molecule has 4 rings (SSSR count). The number of rotatable bonds is 6. The summed E-state index contributed by atoms with van der Waals surface area (Å²) < 4.78 is 60.5. The summed E-state index contributed by atoms with van der Waals surface area (Å²) in [5, 5.41) is 22.1. The first-order chi connectivity index (χ1) is 14.7. The van der Waals surface area contributed by atoms with E-state index in [2.05, 4.69) is 43.1 Å². The Hall–Kier alpha value is -2.67. The van der Waals surface area contributed by atoms with Gasteiger partial charge in [-0.1, -0.05) is 40.8 Å². The lowest BCUT2D eigenvalue weighted by atomic mass is 9.84. The number of hydrogen-bond acceptors (Lipinski definition) is 5. The molecule has 2 aromatic heterocycles. The molecule has 31 heavy (non-hydrogen) atoms. The minimum absolute atomic E-state index is 0.306. The maximum Gasteiger partial charge on any atom is 0.323 e. The zero-order valence-corrected chi connectivity index (χ0v) is 17.8. The predicted octanol–water partition coefficient (Wildman–Crippen LogP) is 4.11. The standard InChI is InChI=1S/C20H14F4IN5O/c21-15-4-3-14(8-16(15)22)19(31,10-30-11-26-28-29-30)20(23,24)18-6-2-13-7-12(9-25)1-5-17(13)27-18/h1-8,11,31H,9-10H2. The molecule has 1 unspecified atom stereocenters. The van der Waals surface area contributed by atoms with Crippen LogP contribution in [0.1, 0.15) is 16.8 Å². The van der Waals surface area contributed by atoms with Crippen LogP contribution in [0.2, 0.25) is 0 Å². The van der Waals surface area contributed by atoms with Crippen LogP contribution in [-0.2, 0) is 22.5 Å². The first-order valence-corrected chi connectivity index (χ1v) is 10.5. The molecule has 11 heteroatoms. The third-order valence-electron chi connectivity index (χ3n) is 4.93. The molecule has 4 aromatic rings. The van der Waals surface area contributed by atoms with Gasteiger partial charge in [-0.05, 0) is 51.9 Å². The van der Waals surface area contributed by atoms with Crippen molar-refractivity contribution in [3.05, 3.63) is 83.3 Å². The van der Waals surface area contributed by atoms with E-state index in [0.717, 1.165) is 33.1 Å². The smallest absolute Gasteiger partial charge is 0.323 e. The van der Waals surface area contributed by atoms with E-state index in [-0.39, 0.29) is 0 Å². The van der Waals surface area contributed by atoms with Gasteiger partial charge >= 0.3 is 5.92 Å². The predicted molar refractivity (Wildman–Crippen MR) is 111 cm³/mol. The van der Waals surface area contributed by atoms with Crippen LogP contribution in [0.3, 0.4) is 0 Å². The summed E-state index contributed by atoms with van der Waals surface area (Å²) >= 11 is 2.19. The summed E-state index contributed by atoms with van der Waals surface area (Å²) in [7, 11) is 0. The molecule has 0 fully saturated rings. The van der Waals surface area contributed by atoms with Crippen LogP contribution in [-0.4, -0.2) is 30.3 Å². The molecule has 0 amide bonds. The van der Waals surface area contributed by atoms with Crippen molar-refractivity contribution in [2.75, 3.05) is 0 Å². The van der Waals surface area contributed by atoms with E-state index >= 15 is 8.78 Å². The summed E-state index contributed by atoms with van der Waals surface area (Å²) in [5.41, 5.74) is -3.00. The van der Waals surface area contributed by atoms with Crippen molar-refractivity contribution in [2.45, 2.75) is 22.5 Å². The molecule has 0 aliphatic carbocycles. The molecular formula is C20H14F4IN5O. The molecule has 0 saturated carbocycles. The Labute approximate surface area is 187 Å². The summed E-state index contributed by atoms with van der Waals surface area (Å²) in [5.74, 6) is -6.62. The molecular weight excluding hydrogens is 529 g/mol. The summed E-state index contributed by atoms with van der Waals surface area (Å²) in [4.78, 5) is 4.04. The Balaban J connectivity index is 1.86. The van der Waals surface area contributed by atoms with E-state index in [1.165, 1.54) is 6.07 Å². The second kappa shape index (κ2) is 8.11. The van der Waals surface area contributed by atoms with Gasteiger partial charge in [0.25, 0.3) is 0 Å². The van der Waals surface area contributed by atoms with Gasteiger partial charge in [0.15, 0.2) is 17.2 Å². The molecule has 0 aliphatic heterocycles. The lowest BCUT2D eigenvalue weighted by Gasteiger charge is -2.35. The molecule has 0 radical (unpaired) electrons. The maximum absolute atomic E-state index is 15.8. The Morgan fingerprint density at radius 3 is 2.48 bits per heavy atom. The SMILES string of the molecule is OC(Cn1cnnn1)(c1ccc(F)c(F)c1)C(F)(F)c1ccc2cc(CI)ccc2n1. The molecule has 2 aromatic carbocycles. The molecule has 0 aliphatic rings. The number of halogens is 5. The lowest BCUT2D eigenvalue weighted by molar-refractivity contribution is -0.206. The van der Waals surface area contributed by atoms with Crippen LogP contribution in [0.5, 0.6) is 0 Å². The second-order valence-electron chi connectivity index (χ2n) is 6.93. The summed E-state index contributed by atoms with van der Waals surface area (Å²) in [6, 6.07) is 9.89. The number of alkyl halides is 3. The molecule has 1 atom stereocenters. The Kier molecular flexibility index (Phi) is 5.64. The number of nitrogens with zero attached hydrogens (tertiary/aromatic N) is 5. The normalized spacial score (nSPS) is 14.0. The van der Waals surface area contributed by atoms with E-state index < -0.39 is 41.0 Å². The highest BCUT2D eigenvalue weighted by Crippen LogP contribution is 2.46. The quantitative estimate of drug-likeness (QED) is 0.225. The number of tetrazole rings is 1. The van der Waals surface area contributed by atoms with E-state index in [9.17, 15) is 13.9 Å². The van der Waals surface area contributed by atoms with Crippen LogP contribution >= 0.6 is 22.6 Å². The van der Waals surface area contributed by atoms with Crippen molar-refractivity contribution in [3.8, 4) is 0 Å². The van der Waals surface area contributed by atoms with Crippen LogP contribution in [0.25, 0.3) is 10.9 Å². The van der Waals surface area contributed by atoms with Crippen LogP contribution in [0, 0.1) is 11.6 Å². The Morgan fingerprint density at radius 1 is 1.00 bits per heavy atom. The largest absolute Gasteiger partial charge is 0.377 e. The molecule has 2 heterocycles. The van der Waals surface area contributed by atoms with Gasteiger partial charge in [0.2, 0.25) is 0 Å². The molecule has 6 nitrogen and oxygen atoms in total. The van der Waals surface area contributed by atoms with Gasteiger partial charge in [-0.25, -0.2) is 18.4 Å². The van der Waals surface area contributed by atoms with Gasteiger partial charge in [0.1, 0.15) is 12.0 Å². The third-order valence-corrected chi connectivity index (χ3v) is 5.81. The lowest BCUT2D eigenvalue weighted by Crippen LogP contribution is -2.47. The number of benzene rings is 2. The highest BCUT2D eigenvalue weighted by Gasteiger charge is 2.57. The van der Waals surface area contributed by atoms with E-state index in [4.69, 9.17) is 0 Å². The molecule has 1 N–H and O–H groups in total.